The second kappa shape index (κ2) is 3.15. The number of oxazole rings is 1. The highest BCUT2D eigenvalue weighted by Crippen LogP contribution is 2.17. The topological polar surface area (TPSA) is 78.2 Å². The van der Waals surface area contributed by atoms with Crippen LogP contribution in [0.3, 0.4) is 0 Å². The van der Waals surface area contributed by atoms with Gasteiger partial charge in [0.1, 0.15) is 5.52 Å². The summed E-state index contributed by atoms with van der Waals surface area (Å²) in [5, 5.41) is 0. The van der Waals surface area contributed by atoms with E-state index in [1.54, 1.807) is 24.3 Å². The van der Waals surface area contributed by atoms with Crippen LogP contribution in [-0.2, 0) is 11.3 Å². The highest BCUT2D eigenvalue weighted by Gasteiger charge is 2.02. The Kier molecular flexibility index (Phi) is 1.99. The summed E-state index contributed by atoms with van der Waals surface area (Å²) in [7, 11) is 0. The molecule has 0 saturated carbocycles. The average Bonchev–Trinajstić information content (AvgIpc) is 2.44. The van der Waals surface area contributed by atoms with Crippen LogP contribution in [0.15, 0.2) is 28.7 Å². The van der Waals surface area contributed by atoms with Crippen LogP contribution in [0.1, 0.15) is 0 Å². The van der Waals surface area contributed by atoms with Crippen molar-refractivity contribution in [2.75, 3.05) is 4.72 Å². The monoisotopic (exact) mass is 197 g/mol. The fourth-order valence-electron chi connectivity index (χ4n) is 0.987. The van der Waals surface area contributed by atoms with Crippen molar-refractivity contribution in [3.63, 3.8) is 0 Å². The molecule has 0 aliphatic rings. The molecule has 13 heavy (non-hydrogen) atoms. The quantitative estimate of drug-likeness (QED) is 0.729. The maximum Gasteiger partial charge on any atom is 0.307 e. The van der Waals surface area contributed by atoms with Crippen LogP contribution in [0.2, 0.25) is 0 Å². The minimum Gasteiger partial charge on any atom is -0.755 e. The molecular weight excluding hydrogens is 192 g/mol. The van der Waals surface area contributed by atoms with E-state index in [0.717, 1.165) is 0 Å². The minimum atomic E-state index is -2.40. The van der Waals surface area contributed by atoms with Gasteiger partial charge in [-0.15, -0.1) is 0 Å². The van der Waals surface area contributed by atoms with E-state index in [-0.39, 0.29) is 6.01 Å². The van der Waals surface area contributed by atoms with Gasteiger partial charge in [-0.05, 0) is 12.1 Å². The Bertz CT molecular complexity index is 421. The summed E-state index contributed by atoms with van der Waals surface area (Å²) in [6.07, 6.45) is 0. The maximum absolute atomic E-state index is 10.2. The lowest BCUT2D eigenvalue weighted by Crippen LogP contribution is -2.01. The molecule has 0 bridgehead atoms. The number of nitrogens with zero attached hydrogens (tertiary/aromatic N) is 1. The molecule has 0 aliphatic heterocycles. The molecule has 0 fully saturated rings. The van der Waals surface area contributed by atoms with Gasteiger partial charge in [-0.2, -0.15) is 4.98 Å². The maximum atomic E-state index is 10.2. The van der Waals surface area contributed by atoms with Crippen molar-refractivity contribution >= 4 is 28.4 Å². The van der Waals surface area contributed by atoms with Gasteiger partial charge < -0.3 is 8.97 Å². The Labute approximate surface area is 76.2 Å². The number of rotatable bonds is 2. The van der Waals surface area contributed by atoms with Crippen molar-refractivity contribution in [3.05, 3.63) is 24.3 Å². The van der Waals surface area contributed by atoms with Crippen LogP contribution in [0.4, 0.5) is 6.01 Å². The summed E-state index contributed by atoms with van der Waals surface area (Å²) in [6.45, 7) is 0. The Hall–Kier alpha value is -1.40. The molecule has 1 aromatic heterocycles. The molecule has 0 saturated heterocycles. The number of anilines is 1. The molecule has 1 unspecified atom stereocenters. The molecule has 68 valence electrons. The predicted molar refractivity (Wildman–Crippen MR) is 46.6 cm³/mol. The first-order valence-electron chi connectivity index (χ1n) is 3.47. The van der Waals surface area contributed by atoms with E-state index in [1.165, 1.54) is 0 Å². The smallest absolute Gasteiger partial charge is 0.307 e. The van der Waals surface area contributed by atoms with Crippen LogP contribution in [0, 0.1) is 0 Å². The zero-order chi connectivity index (χ0) is 9.26. The standard InChI is InChI=1S/C7H6N2O3S/c10-13(11)9-7-8-5-3-1-2-4-6(5)12-7/h1-4H,(H,8,9)(H,10,11)/p-1. The Balaban J connectivity index is 2.44. The second-order valence-electron chi connectivity index (χ2n) is 2.32. The lowest BCUT2D eigenvalue weighted by molar-refractivity contribution is 0.538. The summed E-state index contributed by atoms with van der Waals surface area (Å²) in [5.74, 6) is 0. The molecule has 5 nitrogen and oxygen atoms in total. The van der Waals surface area contributed by atoms with E-state index < -0.39 is 11.3 Å². The minimum absolute atomic E-state index is 0.0190. The molecule has 0 aliphatic carbocycles. The summed E-state index contributed by atoms with van der Waals surface area (Å²) >= 11 is -2.40. The first kappa shape index (κ1) is 8.21. The first-order chi connectivity index (χ1) is 6.25. The Morgan fingerprint density at radius 1 is 1.46 bits per heavy atom. The normalized spacial score (nSPS) is 13.0. The lowest BCUT2D eigenvalue weighted by atomic mass is 10.3. The molecule has 0 spiro atoms. The molecule has 2 rings (SSSR count). The molecule has 2 aromatic rings. The summed E-state index contributed by atoms with van der Waals surface area (Å²) in [6, 6.07) is 7.00. The first-order valence-corrected chi connectivity index (χ1v) is 4.55. The van der Waals surface area contributed by atoms with Crippen molar-refractivity contribution in [2.45, 2.75) is 0 Å². The third-order valence-corrected chi connectivity index (χ3v) is 1.81. The van der Waals surface area contributed by atoms with Gasteiger partial charge in [0, 0.05) is 11.3 Å². The number of fused-ring (bicyclic) bond motifs is 1. The Morgan fingerprint density at radius 3 is 2.92 bits per heavy atom. The van der Waals surface area contributed by atoms with E-state index in [1.807, 2.05) is 4.72 Å². The van der Waals surface area contributed by atoms with Crippen molar-refractivity contribution in [2.24, 2.45) is 0 Å². The molecule has 0 radical (unpaired) electrons. The van der Waals surface area contributed by atoms with Crippen LogP contribution in [-0.4, -0.2) is 13.7 Å². The third-order valence-electron chi connectivity index (χ3n) is 1.46. The fourth-order valence-corrected chi connectivity index (χ4v) is 1.22. The van der Waals surface area contributed by atoms with Crippen molar-refractivity contribution < 1.29 is 13.2 Å². The van der Waals surface area contributed by atoms with Crippen molar-refractivity contribution in [1.82, 2.24) is 4.98 Å². The van der Waals surface area contributed by atoms with Gasteiger partial charge in [0.2, 0.25) is 0 Å². The Morgan fingerprint density at radius 2 is 2.23 bits per heavy atom. The van der Waals surface area contributed by atoms with Gasteiger partial charge >= 0.3 is 6.01 Å². The largest absolute Gasteiger partial charge is 0.755 e. The van der Waals surface area contributed by atoms with Crippen LogP contribution in [0.5, 0.6) is 0 Å². The predicted octanol–water partition coefficient (Wildman–Crippen LogP) is 1.03. The number of para-hydroxylation sites is 2. The highest BCUT2D eigenvalue weighted by molar-refractivity contribution is 7.80. The molecule has 1 aromatic carbocycles. The molecule has 1 atom stereocenters. The van der Waals surface area contributed by atoms with Crippen molar-refractivity contribution in [1.29, 1.82) is 0 Å². The molecule has 1 N–H and O–H groups in total. The SMILES string of the molecule is O=S([O-])Nc1nc2ccccc2o1. The number of hydrogen-bond donors (Lipinski definition) is 1. The summed E-state index contributed by atoms with van der Waals surface area (Å²) in [5.41, 5.74) is 1.17. The van der Waals surface area contributed by atoms with Gasteiger partial charge in [-0.1, -0.05) is 12.1 Å². The van der Waals surface area contributed by atoms with E-state index in [2.05, 4.69) is 4.98 Å². The number of hydrogen-bond acceptors (Lipinski definition) is 4. The molecular formula is C7H5N2O3S-. The summed E-state index contributed by atoms with van der Waals surface area (Å²) in [4.78, 5) is 3.88. The van der Waals surface area contributed by atoms with Gasteiger partial charge in [0.25, 0.3) is 0 Å². The van der Waals surface area contributed by atoms with Crippen molar-refractivity contribution in [3.8, 4) is 0 Å². The van der Waals surface area contributed by atoms with Gasteiger partial charge in [0.05, 0.1) is 0 Å². The second-order valence-corrected chi connectivity index (χ2v) is 3.00. The zero-order valence-electron chi connectivity index (χ0n) is 6.39. The lowest BCUT2D eigenvalue weighted by Gasteiger charge is -2.01. The van der Waals surface area contributed by atoms with Crippen LogP contribution in [0.25, 0.3) is 11.1 Å². The molecule has 0 amide bonds. The number of aromatic nitrogens is 1. The van der Waals surface area contributed by atoms with Gasteiger partial charge in [0.15, 0.2) is 5.58 Å². The van der Waals surface area contributed by atoms with Gasteiger partial charge in [-0.3, -0.25) is 8.93 Å². The van der Waals surface area contributed by atoms with E-state index >= 15 is 0 Å². The third kappa shape index (κ3) is 1.68. The molecule has 6 heteroatoms. The number of nitrogens with one attached hydrogen (secondary N) is 1. The number of benzene rings is 1. The molecule has 1 heterocycles. The van der Waals surface area contributed by atoms with Crippen LogP contribution >= 0.6 is 0 Å². The summed E-state index contributed by atoms with van der Waals surface area (Å²) < 4.78 is 27.6. The van der Waals surface area contributed by atoms with Crippen LogP contribution < -0.4 is 4.72 Å². The van der Waals surface area contributed by atoms with Gasteiger partial charge in [-0.25, -0.2) is 0 Å². The zero-order valence-corrected chi connectivity index (χ0v) is 7.21. The van der Waals surface area contributed by atoms with E-state index in [0.29, 0.717) is 11.1 Å². The average molecular weight is 197 g/mol. The van der Waals surface area contributed by atoms with E-state index in [4.69, 9.17) is 4.42 Å². The highest BCUT2D eigenvalue weighted by atomic mass is 32.2. The fraction of sp³-hybridized carbons (Fsp3) is 0. The van der Waals surface area contributed by atoms with E-state index in [9.17, 15) is 8.76 Å².